The van der Waals surface area contributed by atoms with Crippen molar-refractivity contribution >= 4 is 11.6 Å². The van der Waals surface area contributed by atoms with E-state index in [-0.39, 0.29) is 10.8 Å². The summed E-state index contributed by atoms with van der Waals surface area (Å²) >= 11 is 0. The Morgan fingerprint density at radius 2 is 1.56 bits per heavy atom. The van der Waals surface area contributed by atoms with Gasteiger partial charge >= 0.3 is 0 Å². The number of hydrogen-bond donors (Lipinski definition) is 2. The molecule has 0 amide bonds. The van der Waals surface area contributed by atoms with E-state index < -0.39 is 0 Å². The Morgan fingerprint density at radius 3 is 2.00 bits per heavy atom. The first-order valence-corrected chi connectivity index (χ1v) is 6.43. The Bertz CT molecular complexity index is 399. The van der Waals surface area contributed by atoms with Gasteiger partial charge in [0.1, 0.15) is 17.5 Å². The van der Waals surface area contributed by atoms with Crippen LogP contribution in [-0.4, -0.2) is 23.6 Å². The molecule has 0 bridgehead atoms. The molecular weight excluding hydrogens is 224 g/mol. The molecule has 0 atom stereocenters. The lowest BCUT2D eigenvalue weighted by Crippen LogP contribution is -2.22. The van der Waals surface area contributed by atoms with Crippen molar-refractivity contribution in [3.63, 3.8) is 0 Å². The smallest absolute Gasteiger partial charge is 0.138 e. The van der Waals surface area contributed by atoms with Crippen molar-refractivity contribution in [3.8, 4) is 0 Å². The lowest BCUT2D eigenvalue weighted by atomic mass is 9.95. The summed E-state index contributed by atoms with van der Waals surface area (Å²) in [6.07, 6.45) is 0. The van der Waals surface area contributed by atoms with E-state index in [1.54, 1.807) is 0 Å². The number of aromatic nitrogens is 2. The molecule has 0 saturated carbocycles. The SMILES string of the molecule is CNc1cc(NCC(C)(C)C)nc(C(C)(C)C)n1. The summed E-state index contributed by atoms with van der Waals surface area (Å²) in [5.41, 5.74) is 0.178. The Hall–Kier alpha value is -1.32. The van der Waals surface area contributed by atoms with Crippen LogP contribution in [0, 0.1) is 5.41 Å². The molecule has 0 radical (unpaired) electrons. The Balaban J connectivity index is 2.98. The standard InChI is InChI=1S/C14H26N4/c1-13(2,3)9-16-11-8-10(15-7)17-12(18-11)14(4,5)6/h8H,9H2,1-7H3,(H2,15,16,17,18). The molecule has 0 aliphatic rings. The number of anilines is 2. The molecule has 1 aromatic heterocycles. The molecule has 0 fully saturated rings. The van der Waals surface area contributed by atoms with Crippen LogP contribution >= 0.6 is 0 Å². The lowest BCUT2D eigenvalue weighted by Gasteiger charge is -2.22. The molecule has 0 unspecified atom stereocenters. The molecule has 2 N–H and O–H groups in total. The van der Waals surface area contributed by atoms with E-state index in [0.717, 1.165) is 24.0 Å². The van der Waals surface area contributed by atoms with E-state index in [9.17, 15) is 0 Å². The first kappa shape index (κ1) is 14.7. The van der Waals surface area contributed by atoms with Crippen molar-refractivity contribution < 1.29 is 0 Å². The molecule has 0 aliphatic heterocycles. The quantitative estimate of drug-likeness (QED) is 0.864. The van der Waals surface area contributed by atoms with Crippen LogP contribution in [0.5, 0.6) is 0 Å². The zero-order valence-corrected chi connectivity index (χ0v) is 12.7. The van der Waals surface area contributed by atoms with Gasteiger partial charge < -0.3 is 10.6 Å². The Kier molecular flexibility index (Phi) is 4.20. The van der Waals surface area contributed by atoms with E-state index in [2.05, 4.69) is 62.1 Å². The normalized spacial score (nSPS) is 12.4. The molecule has 0 aliphatic carbocycles. The molecule has 18 heavy (non-hydrogen) atoms. The van der Waals surface area contributed by atoms with Gasteiger partial charge in [-0.2, -0.15) is 0 Å². The molecule has 4 heteroatoms. The largest absolute Gasteiger partial charge is 0.373 e. The summed E-state index contributed by atoms with van der Waals surface area (Å²) in [7, 11) is 1.88. The summed E-state index contributed by atoms with van der Waals surface area (Å²) in [6, 6.07) is 1.95. The second-order valence-corrected chi connectivity index (χ2v) is 6.88. The molecule has 1 heterocycles. The summed E-state index contributed by atoms with van der Waals surface area (Å²) in [5, 5.41) is 6.47. The number of hydrogen-bond acceptors (Lipinski definition) is 4. The average molecular weight is 250 g/mol. The van der Waals surface area contributed by atoms with E-state index in [4.69, 9.17) is 0 Å². The molecule has 0 spiro atoms. The third-order valence-corrected chi connectivity index (χ3v) is 2.45. The topological polar surface area (TPSA) is 49.8 Å². The Morgan fingerprint density at radius 1 is 1.00 bits per heavy atom. The third-order valence-electron chi connectivity index (χ3n) is 2.45. The van der Waals surface area contributed by atoms with Crippen molar-refractivity contribution in [3.05, 3.63) is 11.9 Å². The molecule has 1 rings (SSSR count). The van der Waals surface area contributed by atoms with Crippen molar-refractivity contribution in [2.24, 2.45) is 5.41 Å². The fourth-order valence-electron chi connectivity index (χ4n) is 1.36. The van der Waals surface area contributed by atoms with Gasteiger partial charge in [-0.05, 0) is 5.41 Å². The fraction of sp³-hybridized carbons (Fsp3) is 0.714. The molecule has 1 aromatic rings. The number of nitrogens with one attached hydrogen (secondary N) is 2. The number of nitrogens with zero attached hydrogens (tertiary/aromatic N) is 2. The summed E-state index contributed by atoms with van der Waals surface area (Å²) in [4.78, 5) is 9.10. The van der Waals surface area contributed by atoms with Gasteiger partial charge in [0.15, 0.2) is 0 Å². The maximum atomic E-state index is 4.59. The highest BCUT2D eigenvalue weighted by Gasteiger charge is 2.19. The maximum Gasteiger partial charge on any atom is 0.138 e. The zero-order valence-electron chi connectivity index (χ0n) is 12.7. The first-order valence-electron chi connectivity index (χ1n) is 6.43. The average Bonchev–Trinajstić information content (AvgIpc) is 2.24. The van der Waals surface area contributed by atoms with Crippen LogP contribution in [0.2, 0.25) is 0 Å². The van der Waals surface area contributed by atoms with Crippen molar-refractivity contribution in [1.82, 2.24) is 9.97 Å². The summed E-state index contributed by atoms with van der Waals surface area (Å²) in [6.45, 7) is 13.8. The molecule has 102 valence electrons. The fourth-order valence-corrected chi connectivity index (χ4v) is 1.36. The van der Waals surface area contributed by atoms with E-state index in [1.807, 2.05) is 13.1 Å². The van der Waals surface area contributed by atoms with Crippen LogP contribution in [0.1, 0.15) is 47.4 Å². The predicted molar refractivity (Wildman–Crippen MR) is 78.2 cm³/mol. The molecule has 0 aromatic carbocycles. The summed E-state index contributed by atoms with van der Waals surface area (Å²) in [5.74, 6) is 2.59. The molecule has 0 saturated heterocycles. The van der Waals surface area contributed by atoms with Gasteiger partial charge in [0.05, 0.1) is 0 Å². The highest BCUT2D eigenvalue weighted by molar-refractivity contribution is 5.47. The van der Waals surface area contributed by atoms with Crippen LogP contribution in [0.3, 0.4) is 0 Å². The van der Waals surface area contributed by atoms with Crippen molar-refractivity contribution in [2.45, 2.75) is 47.0 Å². The first-order chi connectivity index (χ1) is 8.12. The highest BCUT2D eigenvalue weighted by atomic mass is 15.1. The van der Waals surface area contributed by atoms with Gasteiger partial charge in [0.25, 0.3) is 0 Å². The van der Waals surface area contributed by atoms with Gasteiger partial charge in [-0.25, -0.2) is 9.97 Å². The van der Waals surface area contributed by atoms with E-state index >= 15 is 0 Å². The van der Waals surface area contributed by atoms with Crippen molar-refractivity contribution in [1.29, 1.82) is 0 Å². The van der Waals surface area contributed by atoms with Crippen LogP contribution in [0.15, 0.2) is 6.07 Å². The molecule has 4 nitrogen and oxygen atoms in total. The lowest BCUT2D eigenvalue weighted by molar-refractivity contribution is 0.442. The van der Waals surface area contributed by atoms with E-state index in [0.29, 0.717) is 0 Å². The third kappa shape index (κ3) is 4.51. The number of rotatable bonds is 3. The second-order valence-electron chi connectivity index (χ2n) is 6.88. The second kappa shape index (κ2) is 5.12. The predicted octanol–water partition coefficient (Wildman–Crippen LogP) is 3.27. The van der Waals surface area contributed by atoms with Gasteiger partial charge in [-0.1, -0.05) is 41.5 Å². The highest BCUT2D eigenvalue weighted by Crippen LogP contribution is 2.23. The van der Waals surface area contributed by atoms with Crippen LogP contribution in [-0.2, 0) is 5.41 Å². The van der Waals surface area contributed by atoms with Crippen LogP contribution in [0.4, 0.5) is 11.6 Å². The van der Waals surface area contributed by atoms with Gasteiger partial charge in [0.2, 0.25) is 0 Å². The van der Waals surface area contributed by atoms with Gasteiger partial charge in [-0.3, -0.25) is 0 Å². The summed E-state index contributed by atoms with van der Waals surface area (Å²) < 4.78 is 0. The minimum atomic E-state index is -0.0506. The minimum Gasteiger partial charge on any atom is -0.373 e. The maximum absolute atomic E-state index is 4.59. The van der Waals surface area contributed by atoms with Crippen molar-refractivity contribution in [2.75, 3.05) is 24.2 Å². The zero-order chi connectivity index (χ0) is 14.0. The Labute approximate surface area is 111 Å². The van der Waals surface area contributed by atoms with Crippen LogP contribution in [0.25, 0.3) is 0 Å². The van der Waals surface area contributed by atoms with Gasteiger partial charge in [-0.15, -0.1) is 0 Å². The van der Waals surface area contributed by atoms with Crippen LogP contribution < -0.4 is 10.6 Å². The monoisotopic (exact) mass is 250 g/mol. The van der Waals surface area contributed by atoms with Gasteiger partial charge in [0, 0.05) is 25.1 Å². The minimum absolute atomic E-state index is 0.0506. The molecular formula is C14H26N4. The van der Waals surface area contributed by atoms with E-state index in [1.165, 1.54) is 0 Å².